The highest BCUT2D eigenvalue weighted by atomic mass is 32.2. The minimum Gasteiger partial charge on any atom is -0.465 e. The number of amides is 1. The fourth-order valence-electron chi connectivity index (χ4n) is 1.97. The molecule has 1 fully saturated rings. The Bertz CT molecular complexity index is 540. The van der Waals surface area contributed by atoms with E-state index in [0.717, 1.165) is 11.3 Å². The minimum absolute atomic E-state index is 0.190. The summed E-state index contributed by atoms with van der Waals surface area (Å²) >= 11 is 0. The van der Waals surface area contributed by atoms with Crippen LogP contribution in [-0.4, -0.2) is 44.2 Å². The van der Waals surface area contributed by atoms with Crippen LogP contribution in [0.4, 0.5) is 10.5 Å². The maximum absolute atomic E-state index is 11.3. The first kappa shape index (κ1) is 13.7. The van der Waals surface area contributed by atoms with Crippen molar-refractivity contribution in [3.63, 3.8) is 0 Å². The summed E-state index contributed by atoms with van der Waals surface area (Å²) < 4.78 is 22.7. The first-order valence-corrected chi connectivity index (χ1v) is 7.79. The van der Waals surface area contributed by atoms with E-state index in [1.165, 1.54) is 0 Å². The Labute approximate surface area is 112 Å². The number of anilines is 1. The number of carbonyl (C=O) groups is 1. The van der Waals surface area contributed by atoms with E-state index in [2.05, 4.69) is 5.32 Å². The van der Waals surface area contributed by atoms with Gasteiger partial charge in [0.05, 0.1) is 11.5 Å². The van der Waals surface area contributed by atoms with E-state index in [4.69, 9.17) is 5.11 Å². The molecular weight excluding hydrogens is 268 g/mol. The molecule has 0 aliphatic carbocycles. The van der Waals surface area contributed by atoms with E-state index in [-0.39, 0.29) is 18.1 Å². The lowest BCUT2D eigenvalue weighted by Crippen LogP contribution is -2.40. The normalized spacial score (nSPS) is 18.0. The van der Waals surface area contributed by atoms with Crippen molar-refractivity contribution >= 4 is 21.6 Å². The van der Waals surface area contributed by atoms with Crippen LogP contribution in [0, 0.1) is 0 Å². The molecule has 6 nitrogen and oxygen atoms in total. The van der Waals surface area contributed by atoms with Gasteiger partial charge in [-0.1, -0.05) is 12.1 Å². The lowest BCUT2D eigenvalue weighted by atomic mass is 10.2. The Balaban J connectivity index is 1.97. The fraction of sp³-hybridized carbons (Fsp3) is 0.417. The van der Waals surface area contributed by atoms with Crippen molar-refractivity contribution in [2.45, 2.75) is 6.54 Å². The Morgan fingerprint density at radius 1 is 1.21 bits per heavy atom. The van der Waals surface area contributed by atoms with Gasteiger partial charge in [0.15, 0.2) is 9.84 Å². The molecule has 1 aromatic rings. The minimum atomic E-state index is -2.87. The van der Waals surface area contributed by atoms with Gasteiger partial charge in [-0.25, -0.2) is 13.2 Å². The van der Waals surface area contributed by atoms with E-state index in [9.17, 15) is 13.2 Å². The third-order valence-electron chi connectivity index (χ3n) is 3.09. The van der Waals surface area contributed by atoms with E-state index in [1.54, 1.807) is 0 Å². The Morgan fingerprint density at radius 3 is 2.32 bits per heavy atom. The molecule has 2 rings (SSSR count). The molecule has 1 amide bonds. The number of hydrogen-bond acceptors (Lipinski definition) is 4. The number of nitrogens with zero attached hydrogens (tertiary/aromatic N) is 1. The predicted molar refractivity (Wildman–Crippen MR) is 72.2 cm³/mol. The van der Waals surface area contributed by atoms with E-state index in [0.29, 0.717) is 13.1 Å². The molecule has 0 saturated carbocycles. The largest absolute Gasteiger partial charge is 0.465 e. The molecule has 104 valence electrons. The van der Waals surface area contributed by atoms with Gasteiger partial charge in [0, 0.05) is 25.3 Å². The summed E-state index contributed by atoms with van der Waals surface area (Å²) in [6.07, 6.45) is -1.05. The molecule has 7 heteroatoms. The molecule has 1 aromatic carbocycles. The van der Waals surface area contributed by atoms with Crippen molar-refractivity contribution in [2.75, 3.05) is 29.5 Å². The van der Waals surface area contributed by atoms with Gasteiger partial charge in [-0.2, -0.15) is 0 Å². The summed E-state index contributed by atoms with van der Waals surface area (Å²) in [5, 5.41) is 10.8. The lowest BCUT2D eigenvalue weighted by molar-refractivity contribution is 0.194. The number of nitrogens with one attached hydrogen (secondary N) is 1. The summed E-state index contributed by atoms with van der Waals surface area (Å²) in [7, 11) is -2.87. The SMILES string of the molecule is O=C(O)NCc1ccc(N2CCS(=O)(=O)CC2)cc1. The van der Waals surface area contributed by atoms with Gasteiger partial charge in [-0.05, 0) is 17.7 Å². The summed E-state index contributed by atoms with van der Waals surface area (Å²) in [4.78, 5) is 12.4. The monoisotopic (exact) mass is 284 g/mol. The molecule has 2 N–H and O–H groups in total. The zero-order chi connectivity index (χ0) is 13.9. The second kappa shape index (κ2) is 5.48. The molecule has 0 radical (unpaired) electrons. The van der Waals surface area contributed by atoms with Gasteiger partial charge < -0.3 is 15.3 Å². The molecular formula is C12H16N2O4S. The highest BCUT2D eigenvalue weighted by Crippen LogP contribution is 2.18. The van der Waals surface area contributed by atoms with Gasteiger partial charge in [0.25, 0.3) is 0 Å². The number of sulfone groups is 1. The van der Waals surface area contributed by atoms with Crippen molar-refractivity contribution < 1.29 is 18.3 Å². The summed E-state index contributed by atoms with van der Waals surface area (Å²) in [5.41, 5.74) is 1.84. The van der Waals surface area contributed by atoms with Crippen LogP contribution < -0.4 is 10.2 Å². The Hall–Kier alpha value is -1.76. The van der Waals surface area contributed by atoms with Crippen molar-refractivity contribution in [1.29, 1.82) is 0 Å². The van der Waals surface area contributed by atoms with Crippen LogP contribution in [-0.2, 0) is 16.4 Å². The smallest absolute Gasteiger partial charge is 0.404 e. The van der Waals surface area contributed by atoms with E-state index < -0.39 is 15.9 Å². The lowest BCUT2D eigenvalue weighted by Gasteiger charge is -2.28. The van der Waals surface area contributed by atoms with E-state index >= 15 is 0 Å². The quantitative estimate of drug-likeness (QED) is 0.852. The molecule has 1 saturated heterocycles. The molecule has 0 unspecified atom stereocenters. The second-order valence-corrected chi connectivity index (χ2v) is 6.77. The zero-order valence-electron chi connectivity index (χ0n) is 10.4. The van der Waals surface area contributed by atoms with Crippen LogP contribution in [0.15, 0.2) is 24.3 Å². The molecule has 1 aliphatic heterocycles. The highest BCUT2D eigenvalue weighted by Gasteiger charge is 2.21. The van der Waals surface area contributed by atoms with Crippen molar-refractivity contribution in [1.82, 2.24) is 5.32 Å². The van der Waals surface area contributed by atoms with Gasteiger partial charge >= 0.3 is 6.09 Å². The number of carboxylic acid groups (broad SMARTS) is 1. The zero-order valence-corrected chi connectivity index (χ0v) is 11.2. The third kappa shape index (κ3) is 3.85. The average Bonchev–Trinajstić information content (AvgIpc) is 2.37. The summed E-state index contributed by atoms with van der Waals surface area (Å²) in [6.45, 7) is 1.29. The molecule has 0 bridgehead atoms. The topological polar surface area (TPSA) is 86.7 Å². The molecule has 1 aliphatic rings. The van der Waals surface area contributed by atoms with Crippen molar-refractivity contribution in [2.24, 2.45) is 0 Å². The van der Waals surface area contributed by atoms with Crippen molar-refractivity contribution in [3.05, 3.63) is 29.8 Å². The summed E-state index contributed by atoms with van der Waals surface area (Å²) in [6, 6.07) is 7.45. The predicted octanol–water partition coefficient (Wildman–Crippen LogP) is 0.689. The number of benzene rings is 1. The van der Waals surface area contributed by atoms with Crippen LogP contribution in [0.2, 0.25) is 0 Å². The Morgan fingerprint density at radius 2 is 1.79 bits per heavy atom. The highest BCUT2D eigenvalue weighted by molar-refractivity contribution is 7.91. The molecule has 0 spiro atoms. The molecule has 1 heterocycles. The number of rotatable bonds is 3. The molecule has 0 atom stereocenters. The Kier molecular flexibility index (Phi) is 3.94. The van der Waals surface area contributed by atoms with Crippen LogP contribution in [0.1, 0.15) is 5.56 Å². The van der Waals surface area contributed by atoms with Crippen LogP contribution in [0.3, 0.4) is 0 Å². The van der Waals surface area contributed by atoms with Gasteiger partial charge in [0.2, 0.25) is 0 Å². The molecule has 0 aromatic heterocycles. The first-order chi connectivity index (χ1) is 8.96. The van der Waals surface area contributed by atoms with E-state index in [1.807, 2.05) is 29.2 Å². The van der Waals surface area contributed by atoms with Crippen LogP contribution >= 0.6 is 0 Å². The maximum atomic E-state index is 11.3. The average molecular weight is 284 g/mol. The van der Waals surface area contributed by atoms with Crippen molar-refractivity contribution in [3.8, 4) is 0 Å². The summed E-state index contributed by atoms with van der Waals surface area (Å²) in [5.74, 6) is 0.380. The van der Waals surface area contributed by atoms with Crippen LogP contribution in [0.25, 0.3) is 0 Å². The second-order valence-electron chi connectivity index (χ2n) is 4.46. The van der Waals surface area contributed by atoms with Gasteiger partial charge in [-0.15, -0.1) is 0 Å². The van der Waals surface area contributed by atoms with Crippen LogP contribution in [0.5, 0.6) is 0 Å². The first-order valence-electron chi connectivity index (χ1n) is 5.97. The van der Waals surface area contributed by atoms with Gasteiger partial charge in [0.1, 0.15) is 0 Å². The number of hydrogen-bond donors (Lipinski definition) is 2. The van der Waals surface area contributed by atoms with Gasteiger partial charge in [-0.3, -0.25) is 0 Å². The maximum Gasteiger partial charge on any atom is 0.404 e. The molecule has 19 heavy (non-hydrogen) atoms. The standard InChI is InChI=1S/C12H16N2O4S/c15-12(16)13-9-10-1-3-11(4-2-10)14-5-7-19(17,18)8-6-14/h1-4,13H,5-9H2,(H,15,16). The fourth-order valence-corrected chi connectivity index (χ4v) is 3.17. The third-order valence-corrected chi connectivity index (χ3v) is 4.70.